The van der Waals surface area contributed by atoms with Gasteiger partial charge in [0.25, 0.3) is 0 Å². The number of hydrogen-bond donors (Lipinski definition) is 2. The number of rotatable bonds is 3. The van der Waals surface area contributed by atoms with Crippen LogP contribution in [-0.4, -0.2) is 4.98 Å². The lowest BCUT2D eigenvalue weighted by Crippen LogP contribution is -2.07. The number of nitrogen functional groups attached to an aromatic ring is 1. The maximum Gasteiger partial charge on any atom is 0.128 e. The van der Waals surface area contributed by atoms with Gasteiger partial charge in [-0.25, -0.2) is 4.98 Å². The molecule has 2 rings (SSSR count). The van der Waals surface area contributed by atoms with Crippen molar-refractivity contribution in [2.24, 2.45) is 0 Å². The number of pyridine rings is 1. The Hall–Kier alpha value is -1.55. The number of nitrogens with two attached hydrogens (primary N) is 1. The Balaban J connectivity index is 2.12. The molecule has 0 aliphatic carbocycles. The monoisotopic (exact) mass is 247 g/mol. The van der Waals surface area contributed by atoms with Crippen molar-refractivity contribution < 1.29 is 0 Å². The second-order valence-electron chi connectivity index (χ2n) is 4.24. The molecule has 4 heteroatoms. The minimum absolute atomic E-state index is 0.253. The number of nitrogens with one attached hydrogen (secondary N) is 1. The molecule has 2 aromatic heterocycles. The molecule has 0 fully saturated rings. The molecule has 3 N–H and O–H groups in total. The van der Waals surface area contributed by atoms with Crippen LogP contribution in [-0.2, 0) is 0 Å². The molecule has 3 nitrogen and oxygen atoms in total. The average Bonchev–Trinajstić information content (AvgIpc) is 2.70. The van der Waals surface area contributed by atoms with Crippen molar-refractivity contribution in [2.75, 3.05) is 11.1 Å². The van der Waals surface area contributed by atoms with Crippen LogP contribution in [0.5, 0.6) is 0 Å². The first-order valence-corrected chi connectivity index (χ1v) is 6.43. The Kier molecular flexibility index (Phi) is 3.33. The molecule has 0 aromatic carbocycles. The standard InChI is InChI=1S/C13H17N3S/c1-8-7-15-13(6-11(8)14)16-10(3)12-5-4-9(2)17-12/h4-7,10H,1-3H3,(H3,14,15,16). The SMILES string of the molecule is Cc1ccc(C(C)Nc2cc(N)c(C)cn2)s1. The Morgan fingerprint density at radius 1 is 1.35 bits per heavy atom. The maximum atomic E-state index is 5.86. The van der Waals surface area contributed by atoms with Crippen LogP contribution in [0.2, 0.25) is 0 Å². The molecule has 17 heavy (non-hydrogen) atoms. The summed E-state index contributed by atoms with van der Waals surface area (Å²) in [4.78, 5) is 6.96. The first kappa shape index (κ1) is 11.9. The molecular weight excluding hydrogens is 230 g/mol. The molecule has 2 heterocycles. The maximum absolute atomic E-state index is 5.86. The molecule has 0 saturated heterocycles. The zero-order valence-corrected chi connectivity index (χ0v) is 11.1. The molecule has 0 aliphatic rings. The Morgan fingerprint density at radius 3 is 2.71 bits per heavy atom. The fourth-order valence-electron chi connectivity index (χ4n) is 1.60. The summed E-state index contributed by atoms with van der Waals surface area (Å²) >= 11 is 1.80. The topological polar surface area (TPSA) is 50.9 Å². The van der Waals surface area contributed by atoms with E-state index in [1.54, 1.807) is 17.5 Å². The normalized spacial score (nSPS) is 12.4. The molecule has 90 valence electrons. The Bertz CT molecular complexity index is 519. The smallest absolute Gasteiger partial charge is 0.128 e. The van der Waals surface area contributed by atoms with Gasteiger partial charge in [0.2, 0.25) is 0 Å². The first-order chi connectivity index (χ1) is 8.06. The molecule has 0 saturated carbocycles. The van der Waals surface area contributed by atoms with Gasteiger partial charge in [-0.05, 0) is 38.5 Å². The second-order valence-corrected chi connectivity index (χ2v) is 5.56. The van der Waals surface area contributed by atoms with E-state index in [-0.39, 0.29) is 6.04 Å². The van der Waals surface area contributed by atoms with Gasteiger partial charge in [-0.1, -0.05) is 0 Å². The van der Waals surface area contributed by atoms with E-state index in [1.165, 1.54) is 9.75 Å². The second kappa shape index (κ2) is 4.75. The number of thiophene rings is 1. The van der Waals surface area contributed by atoms with Crippen molar-refractivity contribution in [3.63, 3.8) is 0 Å². The summed E-state index contributed by atoms with van der Waals surface area (Å²) in [5.74, 6) is 0.826. The molecule has 1 atom stereocenters. The number of anilines is 2. The number of aryl methyl sites for hydroxylation is 2. The van der Waals surface area contributed by atoms with E-state index < -0.39 is 0 Å². The van der Waals surface area contributed by atoms with E-state index >= 15 is 0 Å². The van der Waals surface area contributed by atoms with Gasteiger partial charge >= 0.3 is 0 Å². The summed E-state index contributed by atoms with van der Waals surface area (Å²) in [5, 5.41) is 3.36. The van der Waals surface area contributed by atoms with E-state index in [9.17, 15) is 0 Å². The number of nitrogens with zero attached hydrogens (tertiary/aromatic N) is 1. The van der Waals surface area contributed by atoms with Crippen LogP contribution in [0.25, 0.3) is 0 Å². The van der Waals surface area contributed by atoms with Gasteiger partial charge < -0.3 is 11.1 Å². The van der Waals surface area contributed by atoms with Crippen molar-refractivity contribution >= 4 is 22.8 Å². The van der Waals surface area contributed by atoms with Gasteiger partial charge in [0.1, 0.15) is 5.82 Å². The third kappa shape index (κ3) is 2.77. The summed E-state index contributed by atoms with van der Waals surface area (Å²) in [6, 6.07) is 6.42. The predicted molar refractivity (Wildman–Crippen MR) is 74.5 cm³/mol. The van der Waals surface area contributed by atoms with Crippen LogP contribution in [0.4, 0.5) is 11.5 Å². The number of aromatic nitrogens is 1. The van der Waals surface area contributed by atoms with E-state index in [0.717, 1.165) is 17.1 Å². The zero-order chi connectivity index (χ0) is 12.4. The van der Waals surface area contributed by atoms with Crippen LogP contribution in [0.1, 0.15) is 28.3 Å². The van der Waals surface area contributed by atoms with Gasteiger partial charge in [-0.3, -0.25) is 0 Å². The first-order valence-electron chi connectivity index (χ1n) is 5.61. The highest BCUT2D eigenvalue weighted by Gasteiger charge is 2.08. The predicted octanol–water partition coefficient (Wildman–Crippen LogP) is 3.52. The molecule has 0 spiro atoms. The lowest BCUT2D eigenvalue weighted by atomic mass is 10.2. The Labute approximate surface area is 106 Å². The van der Waals surface area contributed by atoms with Gasteiger partial charge in [-0.15, -0.1) is 11.3 Å². The van der Waals surface area contributed by atoms with Crippen molar-refractivity contribution in [2.45, 2.75) is 26.8 Å². The summed E-state index contributed by atoms with van der Waals surface area (Å²) in [6.45, 7) is 6.20. The van der Waals surface area contributed by atoms with Crippen LogP contribution in [0, 0.1) is 13.8 Å². The molecule has 0 aliphatic heterocycles. The van der Waals surface area contributed by atoms with Crippen molar-refractivity contribution in [1.29, 1.82) is 0 Å². The van der Waals surface area contributed by atoms with Crippen LogP contribution in [0.3, 0.4) is 0 Å². The zero-order valence-electron chi connectivity index (χ0n) is 10.3. The van der Waals surface area contributed by atoms with Crippen molar-refractivity contribution in [1.82, 2.24) is 4.98 Å². The molecule has 0 radical (unpaired) electrons. The van der Waals surface area contributed by atoms with E-state index in [0.29, 0.717) is 0 Å². The van der Waals surface area contributed by atoms with Crippen molar-refractivity contribution in [3.8, 4) is 0 Å². The van der Waals surface area contributed by atoms with E-state index in [1.807, 2.05) is 13.0 Å². The lowest BCUT2D eigenvalue weighted by molar-refractivity contribution is 0.896. The minimum Gasteiger partial charge on any atom is -0.398 e. The van der Waals surface area contributed by atoms with Gasteiger partial charge in [0, 0.05) is 27.7 Å². The summed E-state index contributed by atoms with van der Waals surface area (Å²) in [7, 11) is 0. The summed E-state index contributed by atoms with van der Waals surface area (Å²) in [6.07, 6.45) is 1.80. The fraction of sp³-hybridized carbons (Fsp3) is 0.308. The molecule has 0 bridgehead atoms. The lowest BCUT2D eigenvalue weighted by Gasteiger charge is -2.13. The van der Waals surface area contributed by atoms with E-state index in [2.05, 4.69) is 36.3 Å². The molecule has 1 unspecified atom stereocenters. The third-order valence-corrected chi connectivity index (χ3v) is 3.88. The van der Waals surface area contributed by atoms with E-state index in [4.69, 9.17) is 5.73 Å². The highest BCUT2D eigenvalue weighted by atomic mass is 32.1. The summed E-state index contributed by atoms with van der Waals surface area (Å²) in [5.41, 5.74) is 7.65. The summed E-state index contributed by atoms with van der Waals surface area (Å²) < 4.78 is 0. The Morgan fingerprint density at radius 2 is 2.12 bits per heavy atom. The van der Waals surface area contributed by atoms with Crippen molar-refractivity contribution in [3.05, 3.63) is 39.7 Å². The fourth-order valence-corrected chi connectivity index (χ4v) is 2.48. The molecule has 2 aromatic rings. The van der Waals surface area contributed by atoms with Crippen LogP contribution >= 0.6 is 11.3 Å². The molecule has 0 amide bonds. The highest BCUT2D eigenvalue weighted by molar-refractivity contribution is 7.12. The van der Waals surface area contributed by atoms with Gasteiger partial charge in [0.05, 0.1) is 6.04 Å². The largest absolute Gasteiger partial charge is 0.398 e. The average molecular weight is 247 g/mol. The quantitative estimate of drug-likeness (QED) is 0.872. The minimum atomic E-state index is 0.253. The highest BCUT2D eigenvalue weighted by Crippen LogP contribution is 2.25. The van der Waals surface area contributed by atoms with Crippen LogP contribution in [0.15, 0.2) is 24.4 Å². The molecular formula is C13H17N3S. The number of hydrogen-bond acceptors (Lipinski definition) is 4. The van der Waals surface area contributed by atoms with Gasteiger partial charge in [0.15, 0.2) is 0 Å². The third-order valence-electron chi connectivity index (χ3n) is 2.70. The van der Waals surface area contributed by atoms with Gasteiger partial charge in [-0.2, -0.15) is 0 Å². The van der Waals surface area contributed by atoms with Crippen LogP contribution < -0.4 is 11.1 Å².